The van der Waals surface area contributed by atoms with Crippen molar-refractivity contribution in [1.82, 2.24) is 0 Å². The topological polar surface area (TPSA) is 74.8 Å². The van der Waals surface area contributed by atoms with E-state index >= 15 is 0 Å². The van der Waals surface area contributed by atoms with E-state index in [0.717, 1.165) is 16.0 Å². The zero-order valence-electron chi connectivity index (χ0n) is 17.2. The molecule has 0 aliphatic carbocycles. The molecule has 6 nitrogen and oxygen atoms in total. The third-order valence-corrected chi connectivity index (χ3v) is 8.30. The molecule has 8 heteroatoms. The van der Waals surface area contributed by atoms with Crippen molar-refractivity contribution >= 4 is 44.6 Å². The van der Waals surface area contributed by atoms with Gasteiger partial charge in [-0.15, -0.1) is 0 Å². The highest BCUT2D eigenvalue weighted by Crippen LogP contribution is 2.53. The minimum atomic E-state index is -4.20. The maximum absolute atomic E-state index is 14.0. The van der Waals surface area contributed by atoms with Gasteiger partial charge < -0.3 is 4.90 Å². The Kier molecular flexibility index (Phi) is 4.65. The third kappa shape index (κ3) is 2.81. The Hall–Kier alpha value is -3.16. The van der Waals surface area contributed by atoms with E-state index in [4.69, 9.17) is 11.6 Å². The number of rotatable bonds is 3. The predicted octanol–water partition coefficient (Wildman–Crippen LogP) is 3.81. The molecular weight excluding hydrogens is 448 g/mol. The molecule has 5 rings (SSSR count). The molecule has 2 aliphatic heterocycles. The van der Waals surface area contributed by atoms with Crippen LogP contribution in [0.4, 0.5) is 11.4 Å². The number of hydrogen-bond donors (Lipinski definition) is 0. The maximum atomic E-state index is 14.0. The first-order valence-electron chi connectivity index (χ1n) is 10.0. The Labute approximate surface area is 190 Å². The van der Waals surface area contributed by atoms with E-state index in [1.54, 1.807) is 36.4 Å². The summed E-state index contributed by atoms with van der Waals surface area (Å²) in [5.41, 5.74) is 2.75. The van der Waals surface area contributed by atoms with Crippen LogP contribution in [0.3, 0.4) is 0 Å². The molecule has 1 unspecified atom stereocenters. The van der Waals surface area contributed by atoms with Crippen LogP contribution in [0.2, 0.25) is 5.02 Å². The van der Waals surface area contributed by atoms with Gasteiger partial charge in [0.05, 0.1) is 12.2 Å². The van der Waals surface area contributed by atoms with Gasteiger partial charge in [-0.3, -0.25) is 14.5 Å². The van der Waals surface area contributed by atoms with Crippen molar-refractivity contribution in [1.29, 1.82) is 0 Å². The van der Waals surface area contributed by atoms with Crippen molar-refractivity contribution in [3.8, 4) is 0 Å². The summed E-state index contributed by atoms with van der Waals surface area (Å²) in [5.74, 6) is -2.04. The Morgan fingerprint density at radius 1 is 0.969 bits per heavy atom. The summed E-state index contributed by atoms with van der Waals surface area (Å²) in [7, 11) is -4.20. The first-order valence-corrected chi connectivity index (χ1v) is 12.1. The molecule has 0 aromatic heterocycles. The molecule has 1 atom stereocenters. The number of aryl methyl sites for hydroxylation is 1. The van der Waals surface area contributed by atoms with E-state index in [1.807, 2.05) is 43.3 Å². The van der Waals surface area contributed by atoms with Gasteiger partial charge >= 0.3 is 0 Å². The number of anilines is 2. The standard InChI is InChI=1S/C24H19ClN2O4S/c1-16-7-12-21-20(13-16)24(23(29)26(21)14-17-5-3-2-4-6-17)27(22(28)15-32(24,30)31)19-10-8-18(25)9-11-19/h2-13H,14-15H2,1H3. The van der Waals surface area contributed by atoms with Crippen molar-refractivity contribution in [3.05, 3.63) is 94.5 Å². The number of halogens is 1. The Morgan fingerprint density at radius 3 is 2.34 bits per heavy atom. The van der Waals surface area contributed by atoms with Gasteiger partial charge in [-0.25, -0.2) is 8.42 Å². The van der Waals surface area contributed by atoms with Crippen LogP contribution in [0.1, 0.15) is 16.7 Å². The van der Waals surface area contributed by atoms with Crippen molar-refractivity contribution in [2.75, 3.05) is 15.6 Å². The first-order chi connectivity index (χ1) is 15.3. The van der Waals surface area contributed by atoms with E-state index in [1.165, 1.54) is 4.90 Å². The number of carbonyl (C=O) groups excluding carboxylic acids is 2. The van der Waals surface area contributed by atoms with E-state index in [9.17, 15) is 18.0 Å². The largest absolute Gasteiger partial charge is 0.304 e. The van der Waals surface area contributed by atoms with Crippen LogP contribution >= 0.6 is 11.6 Å². The number of amides is 2. The fourth-order valence-corrected chi connectivity index (χ4v) is 6.72. The third-order valence-electron chi connectivity index (χ3n) is 5.94. The van der Waals surface area contributed by atoms with Crippen LogP contribution < -0.4 is 9.80 Å². The van der Waals surface area contributed by atoms with Crippen LogP contribution in [-0.4, -0.2) is 26.0 Å². The molecule has 1 spiro atoms. The molecule has 162 valence electrons. The fourth-order valence-electron chi connectivity index (χ4n) is 4.57. The minimum absolute atomic E-state index is 0.190. The zero-order chi connectivity index (χ0) is 22.7. The Morgan fingerprint density at radius 2 is 1.66 bits per heavy atom. The molecule has 0 bridgehead atoms. The molecule has 0 N–H and O–H groups in total. The van der Waals surface area contributed by atoms with Crippen molar-refractivity contribution in [3.63, 3.8) is 0 Å². The van der Waals surface area contributed by atoms with Crippen molar-refractivity contribution in [2.45, 2.75) is 18.3 Å². The number of sulfone groups is 1. The molecule has 1 saturated heterocycles. The number of nitrogens with zero attached hydrogens (tertiary/aromatic N) is 2. The first kappa shape index (κ1) is 20.7. The summed E-state index contributed by atoms with van der Waals surface area (Å²) in [4.78, 5) is 27.6. The molecule has 2 aliphatic rings. The molecule has 2 amide bonds. The van der Waals surface area contributed by atoms with Gasteiger partial charge in [0.2, 0.25) is 5.91 Å². The van der Waals surface area contributed by atoms with Gasteiger partial charge in [0.1, 0.15) is 5.75 Å². The van der Waals surface area contributed by atoms with Gasteiger partial charge in [0, 0.05) is 16.3 Å². The number of benzene rings is 3. The molecule has 0 saturated carbocycles. The van der Waals surface area contributed by atoms with Crippen LogP contribution in [0.5, 0.6) is 0 Å². The van der Waals surface area contributed by atoms with E-state index in [2.05, 4.69) is 0 Å². The lowest BCUT2D eigenvalue weighted by Crippen LogP contribution is -2.54. The van der Waals surface area contributed by atoms with Gasteiger partial charge in [0.15, 0.2) is 9.84 Å². The molecular formula is C24H19ClN2O4S. The molecule has 3 aromatic carbocycles. The Bertz CT molecular complexity index is 1360. The molecule has 1 fully saturated rings. The Balaban J connectivity index is 1.77. The monoisotopic (exact) mass is 466 g/mol. The molecule has 2 heterocycles. The number of fused-ring (bicyclic) bond motifs is 2. The highest BCUT2D eigenvalue weighted by Gasteiger charge is 2.69. The normalized spacial score (nSPS) is 21.4. The van der Waals surface area contributed by atoms with E-state index < -0.39 is 32.3 Å². The van der Waals surface area contributed by atoms with Crippen molar-refractivity contribution in [2.24, 2.45) is 0 Å². The molecule has 3 aromatic rings. The summed E-state index contributed by atoms with van der Waals surface area (Å²) in [5, 5.41) is 0.442. The number of carbonyl (C=O) groups is 2. The van der Waals surface area contributed by atoms with E-state index in [-0.39, 0.29) is 6.54 Å². The molecule has 0 radical (unpaired) electrons. The highest BCUT2D eigenvalue weighted by atomic mass is 35.5. The fraction of sp³-hybridized carbons (Fsp3) is 0.167. The lowest BCUT2D eigenvalue weighted by atomic mass is 10.0. The lowest BCUT2D eigenvalue weighted by Gasteiger charge is -2.32. The van der Waals surface area contributed by atoms with Crippen molar-refractivity contribution < 1.29 is 18.0 Å². The SMILES string of the molecule is Cc1ccc2c(c1)C1(C(=O)N2Cc2ccccc2)N(c2ccc(Cl)cc2)C(=O)CS1(=O)=O. The average Bonchev–Trinajstić information content (AvgIpc) is 3.12. The summed E-state index contributed by atoms with van der Waals surface area (Å²) in [6, 6.07) is 20.9. The molecule has 32 heavy (non-hydrogen) atoms. The number of hydrogen-bond acceptors (Lipinski definition) is 4. The van der Waals surface area contributed by atoms with Gasteiger partial charge in [-0.1, -0.05) is 53.6 Å². The zero-order valence-corrected chi connectivity index (χ0v) is 18.7. The maximum Gasteiger partial charge on any atom is 0.274 e. The van der Waals surface area contributed by atoms with Crippen LogP contribution in [0.25, 0.3) is 0 Å². The second kappa shape index (κ2) is 7.18. The average molecular weight is 467 g/mol. The van der Waals surface area contributed by atoms with Crippen LogP contribution in [0.15, 0.2) is 72.8 Å². The smallest absolute Gasteiger partial charge is 0.274 e. The van der Waals surface area contributed by atoms with Gasteiger partial charge in [-0.05, 0) is 48.9 Å². The minimum Gasteiger partial charge on any atom is -0.304 e. The second-order valence-electron chi connectivity index (χ2n) is 8.01. The quantitative estimate of drug-likeness (QED) is 0.588. The second-order valence-corrected chi connectivity index (χ2v) is 10.6. The van der Waals surface area contributed by atoms with Crippen LogP contribution in [0, 0.1) is 6.92 Å². The summed E-state index contributed by atoms with van der Waals surface area (Å²) < 4.78 is 27.2. The summed E-state index contributed by atoms with van der Waals surface area (Å²) in [6.07, 6.45) is 0. The van der Waals surface area contributed by atoms with E-state index in [0.29, 0.717) is 22.0 Å². The lowest BCUT2D eigenvalue weighted by molar-refractivity contribution is -0.123. The summed E-state index contributed by atoms with van der Waals surface area (Å²) in [6.45, 7) is 2.02. The summed E-state index contributed by atoms with van der Waals surface area (Å²) >= 11 is 6.01. The van der Waals surface area contributed by atoms with Gasteiger partial charge in [0.25, 0.3) is 10.8 Å². The highest BCUT2D eigenvalue weighted by molar-refractivity contribution is 7.94. The van der Waals surface area contributed by atoms with Crippen LogP contribution in [-0.2, 0) is 30.8 Å². The van der Waals surface area contributed by atoms with Gasteiger partial charge in [-0.2, -0.15) is 0 Å². The predicted molar refractivity (Wildman–Crippen MR) is 123 cm³/mol.